The molecule has 1 rings (SSSR count). The lowest BCUT2D eigenvalue weighted by Crippen LogP contribution is -2.15. The summed E-state index contributed by atoms with van der Waals surface area (Å²) < 4.78 is 38.3. The second kappa shape index (κ2) is 11.4. The highest BCUT2D eigenvalue weighted by Crippen LogP contribution is 2.15. The Morgan fingerprint density at radius 2 is 1.46 bits per heavy atom. The zero-order chi connectivity index (χ0) is 18.7. The molecule has 136 valence electrons. The molecule has 0 heterocycles. The number of hydrogen-bond donors (Lipinski definition) is 3. The smallest absolute Gasteiger partial charge is 0.303 e. The van der Waals surface area contributed by atoms with Crippen LogP contribution in [0.15, 0.2) is 12.1 Å². The van der Waals surface area contributed by atoms with E-state index >= 15 is 0 Å². The minimum Gasteiger partial charge on any atom is -0.481 e. The van der Waals surface area contributed by atoms with E-state index in [9.17, 15) is 22.8 Å². The molecule has 5 nitrogen and oxygen atoms in total. The molecule has 1 atom stereocenters. The van der Waals surface area contributed by atoms with Crippen LogP contribution in [0.1, 0.15) is 44.6 Å². The number of aryl methyl sites for hydroxylation is 1. The molecule has 24 heavy (non-hydrogen) atoms. The van der Waals surface area contributed by atoms with Crippen molar-refractivity contribution in [1.29, 1.82) is 0 Å². The molecular formula is C16H22F3NO4. The Hall–Kier alpha value is -2.09. The normalized spacial score (nSPS) is 11.4. The van der Waals surface area contributed by atoms with Crippen LogP contribution in [-0.4, -0.2) is 28.2 Å². The molecule has 0 bridgehead atoms. The molecule has 1 aromatic carbocycles. The number of nitrogens with two attached hydrogens (primary N) is 1. The van der Waals surface area contributed by atoms with Gasteiger partial charge in [0.25, 0.3) is 0 Å². The topological polar surface area (TPSA) is 101 Å². The Bertz CT molecular complexity index is 534. The Morgan fingerprint density at radius 1 is 1.00 bits per heavy atom. The van der Waals surface area contributed by atoms with E-state index in [1.54, 1.807) is 6.92 Å². The Morgan fingerprint density at radius 3 is 1.88 bits per heavy atom. The van der Waals surface area contributed by atoms with Crippen molar-refractivity contribution in [1.82, 2.24) is 0 Å². The second-order valence-corrected chi connectivity index (χ2v) is 5.37. The monoisotopic (exact) mass is 349 g/mol. The number of benzene rings is 1. The van der Waals surface area contributed by atoms with Gasteiger partial charge in [0.1, 0.15) is 5.82 Å². The number of aliphatic carboxylic acids is 2. The van der Waals surface area contributed by atoms with Gasteiger partial charge in [-0.15, -0.1) is 0 Å². The standard InChI is InChI=1S/C10H12F3N.C6H10O4/c1-6(14)2-3-7-4-9(12)10(13)5-8(7)11;7-5(8)3-1-2-4-6(9)10/h4-6H,2-3,14H2,1H3;1-4H2,(H,7,8)(H,9,10). The van der Waals surface area contributed by atoms with Crippen molar-refractivity contribution in [3.05, 3.63) is 35.1 Å². The predicted octanol–water partition coefficient (Wildman–Crippen LogP) is 3.10. The largest absolute Gasteiger partial charge is 0.481 e. The van der Waals surface area contributed by atoms with Crippen LogP contribution in [0.5, 0.6) is 0 Å². The average Bonchev–Trinajstić information content (AvgIpc) is 2.46. The first-order valence-corrected chi connectivity index (χ1v) is 7.46. The third kappa shape index (κ3) is 10.6. The first-order valence-electron chi connectivity index (χ1n) is 7.46. The van der Waals surface area contributed by atoms with Gasteiger partial charge in [0.05, 0.1) is 0 Å². The third-order valence-electron chi connectivity index (χ3n) is 2.99. The molecule has 4 N–H and O–H groups in total. The number of hydrogen-bond acceptors (Lipinski definition) is 3. The van der Waals surface area contributed by atoms with Crippen LogP contribution in [0, 0.1) is 17.5 Å². The Balaban J connectivity index is 0.000000470. The molecule has 0 saturated heterocycles. The van der Waals surface area contributed by atoms with E-state index < -0.39 is 29.4 Å². The lowest BCUT2D eigenvalue weighted by atomic mass is 10.1. The van der Waals surface area contributed by atoms with E-state index in [0.717, 1.165) is 6.07 Å². The zero-order valence-electron chi connectivity index (χ0n) is 13.4. The molecule has 1 aromatic rings. The maximum absolute atomic E-state index is 13.0. The highest BCUT2D eigenvalue weighted by atomic mass is 19.2. The fraction of sp³-hybridized carbons (Fsp3) is 0.500. The van der Waals surface area contributed by atoms with Crippen LogP contribution in [0.2, 0.25) is 0 Å². The van der Waals surface area contributed by atoms with Crippen molar-refractivity contribution < 1.29 is 33.0 Å². The molecular weight excluding hydrogens is 327 g/mol. The molecule has 0 aliphatic heterocycles. The summed E-state index contributed by atoms with van der Waals surface area (Å²) in [4.78, 5) is 19.8. The van der Waals surface area contributed by atoms with Gasteiger partial charge in [-0.3, -0.25) is 9.59 Å². The van der Waals surface area contributed by atoms with Gasteiger partial charge in [0, 0.05) is 24.9 Å². The van der Waals surface area contributed by atoms with E-state index in [1.165, 1.54) is 0 Å². The molecule has 0 aromatic heterocycles. The van der Waals surface area contributed by atoms with Crippen LogP contribution < -0.4 is 5.73 Å². The summed E-state index contributed by atoms with van der Waals surface area (Å²) >= 11 is 0. The van der Waals surface area contributed by atoms with Gasteiger partial charge in [-0.2, -0.15) is 0 Å². The van der Waals surface area contributed by atoms with Gasteiger partial charge in [0.15, 0.2) is 11.6 Å². The number of carbonyl (C=O) groups is 2. The SMILES string of the molecule is CC(N)CCc1cc(F)c(F)cc1F.O=C(O)CCCCC(=O)O. The quantitative estimate of drug-likeness (QED) is 0.494. The maximum Gasteiger partial charge on any atom is 0.303 e. The van der Waals surface area contributed by atoms with Crippen LogP contribution >= 0.6 is 0 Å². The minimum absolute atomic E-state index is 0.0628. The minimum atomic E-state index is -1.16. The maximum atomic E-state index is 13.0. The summed E-state index contributed by atoms with van der Waals surface area (Å²) in [5, 5.41) is 16.3. The highest BCUT2D eigenvalue weighted by molar-refractivity contribution is 5.67. The first kappa shape index (κ1) is 21.9. The molecule has 0 saturated carbocycles. The highest BCUT2D eigenvalue weighted by Gasteiger charge is 2.09. The zero-order valence-corrected chi connectivity index (χ0v) is 13.4. The van der Waals surface area contributed by atoms with Gasteiger partial charge in [-0.1, -0.05) is 0 Å². The van der Waals surface area contributed by atoms with Crippen molar-refractivity contribution in [2.75, 3.05) is 0 Å². The van der Waals surface area contributed by atoms with E-state index in [4.69, 9.17) is 15.9 Å². The van der Waals surface area contributed by atoms with E-state index in [2.05, 4.69) is 0 Å². The van der Waals surface area contributed by atoms with Gasteiger partial charge in [0.2, 0.25) is 0 Å². The summed E-state index contributed by atoms with van der Waals surface area (Å²) in [6.45, 7) is 1.78. The van der Waals surface area contributed by atoms with Gasteiger partial charge in [-0.05, 0) is 44.2 Å². The fourth-order valence-corrected chi connectivity index (χ4v) is 1.69. The van der Waals surface area contributed by atoms with Crippen molar-refractivity contribution >= 4 is 11.9 Å². The molecule has 0 amide bonds. The summed E-state index contributed by atoms with van der Waals surface area (Å²) in [7, 11) is 0. The van der Waals surface area contributed by atoms with E-state index in [0.29, 0.717) is 31.7 Å². The van der Waals surface area contributed by atoms with Crippen LogP contribution in [0.4, 0.5) is 13.2 Å². The molecule has 0 radical (unpaired) electrons. The Labute approximate surface area is 138 Å². The van der Waals surface area contributed by atoms with Crippen LogP contribution in [0.25, 0.3) is 0 Å². The fourth-order valence-electron chi connectivity index (χ4n) is 1.69. The Kier molecular flexibility index (Phi) is 10.4. The van der Waals surface area contributed by atoms with E-state index in [1.807, 2.05) is 0 Å². The molecule has 0 fully saturated rings. The van der Waals surface area contributed by atoms with Crippen LogP contribution in [-0.2, 0) is 16.0 Å². The van der Waals surface area contributed by atoms with Gasteiger partial charge < -0.3 is 15.9 Å². The second-order valence-electron chi connectivity index (χ2n) is 5.37. The predicted molar refractivity (Wildman–Crippen MR) is 82.0 cm³/mol. The summed E-state index contributed by atoms with van der Waals surface area (Å²) in [5.74, 6) is -4.64. The first-order chi connectivity index (χ1) is 11.1. The van der Waals surface area contributed by atoms with E-state index in [-0.39, 0.29) is 24.4 Å². The molecule has 0 aliphatic rings. The molecule has 8 heteroatoms. The number of carboxylic acid groups (broad SMARTS) is 2. The number of halogens is 3. The average molecular weight is 349 g/mol. The summed E-state index contributed by atoms with van der Waals surface area (Å²) in [6, 6.07) is 1.36. The molecule has 1 unspecified atom stereocenters. The van der Waals surface area contributed by atoms with Gasteiger partial charge in [-0.25, -0.2) is 13.2 Å². The van der Waals surface area contributed by atoms with Gasteiger partial charge >= 0.3 is 11.9 Å². The lowest BCUT2D eigenvalue weighted by molar-refractivity contribution is -0.139. The van der Waals surface area contributed by atoms with Crippen LogP contribution in [0.3, 0.4) is 0 Å². The third-order valence-corrected chi connectivity index (χ3v) is 2.99. The van der Waals surface area contributed by atoms with Crippen molar-refractivity contribution in [3.8, 4) is 0 Å². The molecule has 0 spiro atoms. The molecule has 0 aliphatic carbocycles. The van der Waals surface area contributed by atoms with Crippen molar-refractivity contribution in [2.45, 2.75) is 51.5 Å². The van der Waals surface area contributed by atoms with Crippen molar-refractivity contribution in [3.63, 3.8) is 0 Å². The number of carboxylic acids is 2. The lowest BCUT2D eigenvalue weighted by Gasteiger charge is -2.06. The number of rotatable bonds is 8. The van der Waals surface area contributed by atoms with Crippen molar-refractivity contribution in [2.24, 2.45) is 5.73 Å². The number of unbranched alkanes of at least 4 members (excludes halogenated alkanes) is 1. The summed E-state index contributed by atoms with van der Waals surface area (Å²) in [5.41, 5.74) is 5.64. The summed E-state index contributed by atoms with van der Waals surface area (Å²) in [6.07, 6.45) is 1.88.